The number of sulfone groups is 1. The van der Waals surface area contributed by atoms with Crippen molar-refractivity contribution in [2.75, 3.05) is 19.2 Å². The number of esters is 1. The van der Waals surface area contributed by atoms with Gasteiger partial charge in [-0.1, -0.05) is 13.0 Å². The first-order valence-electron chi connectivity index (χ1n) is 7.43. The van der Waals surface area contributed by atoms with Gasteiger partial charge in [0.15, 0.2) is 21.3 Å². The lowest BCUT2D eigenvalue weighted by molar-refractivity contribution is -0.145. The fourth-order valence-corrected chi connectivity index (χ4v) is 5.03. The van der Waals surface area contributed by atoms with E-state index in [-0.39, 0.29) is 19.2 Å². The summed E-state index contributed by atoms with van der Waals surface area (Å²) >= 11 is 0. The second kappa shape index (κ2) is 5.38. The molecule has 1 aliphatic heterocycles. The second-order valence-corrected chi connectivity index (χ2v) is 8.03. The van der Waals surface area contributed by atoms with Crippen LogP contribution in [0.3, 0.4) is 0 Å². The van der Waals surface area contributed by atoms with Crippen molar-refractivity contribution in [3.05, 3.63) is 23.8 Å². The van der Waals surface area contributed by atoms with Crippen molar-refractivity contribution in [1.82, 2.24) is 0 Å². The Hall–Kier alpha value is -1.80. The van der Waals surface area contributed by atoms with E-state index in [0.717, 1.165) is 0 Å². The normalized spacial score (nSPS) is 28.5. The SMILES string of the molecule is CCOC(=O)[C@@]1(N)[C@H](c2ccc3c(c2)OCO3)[C@@H]1S(=O)(=O)CC. The molecule has 23 heavy (non-hydrogen) atoms. The lowest BCUT2D eigenvalue weighted by Gasteiger charge is -2.11. The molecular formula is C15H19NO6S. The largest absolute Gasteiger partial charge is 0.465 e. The average Bonchev–Trinajstić information content (AvgIpc) is 2.93. The lowest BCUT2D eigenvalue weighted by Crippen LogP contribution is -2.41. The molecule has 7 nitrogen and oxygen atoms in total. The number of nitrogens with two attached hydrogens (primary N) is 1. The minimum absolute atomic E-state index is 0.0862. The molecule has 0 saturated heterocycles. The van der Waals surface area contributed by atoms with Crippen LogP contribution in [0.4, 0.5) is 0 Å². The highest BCUT2D eigenvalue weighted by atomic mass is 32.2. The number of hydrogen-bond acceptors (Lipinski definition) is 7. The van der Waals surface area contributed by atoms with Gasteiger partial charge in [0.05, 0.1) is 11.9 Å². The van der Waals surface area contributed by atoms with Crippen molar-refractivity contribution in [3.63, 3.8) is 0 Å². The van der Waals surface area contributed by atoms with Gasteiger partial charge in [-0.3, -0.25) is 0 Å². The van der Waals surface area contributed by atoms with E-state index >= 15 is 0 Å². The number of hydrogen-bond donors (Lipinski definition) is 1. The highest BCUT2D eigenvalue weighted by Crippen LogP contribution is 2.56. The summed E-state index contributed by atoms with van der Waals surface area (Å²) in [5.41, 5.74) is 5.25. The predicted octanol–water partition coefficient (Wildman–Crippen LogP) is 0.576. The van der Waals surface area contributed by atoms with Crippen molar-refractivity contribution >= 4 is 15.8 Å². The van der Waals surface area contributed by atoms with Crippen molar-refractivity contribution in [2.45, 2.75) is 30.6 Å². The van der Waals surface area contributed by atoms with Crippen LogP contribution in [0.2, 0.25) is 0 Å². The van der Waals surface area contributed by atoms with Gasteiger partial charge in [0.1, 0.15) is 5.54 Å². The monoisotopic (exact) mass is 341 g/mol. The van der Waals surface area contributed by atoms with Crippen LogP contribution in [0.1, 0.15) is 25.3 Å². The van der Waals surface area contributed by atoms with Gasteiger partial charge in [-0.05, 0) is 24.6 Å². The van der Waals surface area contributed by atoms with Gasteiger partial charge >= 0.3 is 5.97 Å². The summed E-state index contributed by atoms with van der Waals surface area (Å²) in [5, 5.41) is -0.987. The summed E-state index contributed by atoms with van der Waals surface area (Å²) in [6.07, 6.45) is 0. The molecule has 3 atom stereocenters. The quantitative estimate of drug-likeness (QED) is 0.781. The molecule has 0 radical (unpaired) electrons. The predicted molar refractivity (Wildman–Crippen MR) is 82.1 cm³/mol. The number of ether oxygens (including phenoxy) is 3. The molecule has 1 fully saturated rings. The Bertz CT molecular complexity index is 746. The number of carbonyl (C=O) groups is 1. The Kier molecular flexibility index (Phi) is 3.76. The third kappa shape index (κ3) is 2.36. The summed E-state index contributed by atoms with van der Waals surface area (Å²) in [6, 6.07) is 5.08. The van der Waals surface area contributed by atoms with Crippen molar-refractivity contribution < 1.29 is 27.4 Å². The zero-order chi connectivity index (χ0) is 16.8. The second-order valence-electron chi connectivity index (χ2n) is 5.62. The molecule has 1 saturated carbocycles. The summed E-state index contributed by atoms with van der Waals surface area (Å²) in [5.74, 6) is -0.320. The van der Waals surface area contributed by atoms with E-state index in [9.17, 15) is 13.2 Å². The van der Waals surface area contributed by atoms with Crippen LogP contribution in [-0.4, -0.2) is 44.3 Å². The maximum atomic E-state index is 12.4. The first-order valence-corrected chi connectivity index (χ1v) is 9.15. The van der Waals surface area contributed by atoms with E-state index < -0.39 is 32.5 Å². The van der Waals surface area contributed by atoms with Gasteiger partial charge in [-0.2, -0.15) is 0 Å². The molecule has 0 amide bonds. The Morgan fingerprint density at radius 2 is 2.04 bits per heavy atom. The number of rotatable bonds is 5. The first-order chi connectivity index (χ1) is 10.9. The van der Waals surface area contributed by atoms with Crippen molar-refractivity contribution in [1.29, 1.82) is 0 Å². The summed E-state index contributed by atoms with van der Waals surface area (Å²) in [6.45, 7) is 3.45. The Morgan fingerprint density at radius 1 is 1.35 bits per heavy atom. The van der Waals surface area contributed by atoms with Crippen LogP contribution in [0, 0.1) is 0 Å². The first kappa shape index (κ1) is 16.1. The van der Waals surface area contributed by atoms with Crippen LogP contribution in [0.25, 0.3) is 0 Å². The van der Waals surface area contributed by atoms with Crippen LogP contribution in [0.15, 0.2) is 18.2 Å². The third-order valence-electron chi connectivity index (χ3n) is 4.35. The number of benzene rings is 1. The van der Waals surface area contributed by atoms with Gasteiger partial charge in [-0.15, -0.1) is 0 Å². The van der Waals surface area contributed by atoms with Crippen LogP contribution in [0.5, 0.6) is 11.5 Å². The number of fused-ring (bicyclic) bond motifs is 1. The zero-order valence-electron chi connectivity index (χ0n) is 12.9. The zero-order valence-corrected chi connectivity index (χ0v) is 13.8. The Balaban J connectivity index is 2.00. The Morgan fingerprint density at radius 3 is 2.70 bits per heavy atom. The van der Waals surface area contributed by atoms with Gasteiger partial charge in [0, 0.05) is 11.7 Å². The van der Waals surface area contributed by atoms with Crippen LogP contribution in [-0.2, 0) is 19.4 Å². The van der Waals surface area contributed by atoms with Crippen molar-refractivity contribution in [2.24, 2.45) is 5.73 Å². The standard InChI is InChI=1S/C15H19NO6S/c1-3-20-14(17)15(16)12(13(15)23(18,19)4-2)9-5-6-10-11(7-9)22-8-21-10/h5-7,12-13H,3-4,8,16H2,1-2H3/t12-,13+,15-/m1/s1. The molecule has 126 valence electrons. The van der Waals surface area contributed by atoms with Gasteiger partial charge in [0.25, 0.3) is 0 Å². The highest BCUT2D eigenvalue weighted by molar-refractivity contribution is 7.92. The fourth-order valence-electron chi connectivity index (χ4n) is 3.11. The lowest BCUT2D eigenvalue weighted by atomic mass is 10.1. The van der Waals surface area contributed by atoms with E-state index in [1.807, 2.05) is 0 Å². The van der Waals surface area contributed by atoms with E-state index in [2.05, 4.69) is 0 Å². The maximum absolute atomic E-state index is 12.4. The fraction of sp³-hybridized carbons (Fsp3) is 0.533. The maximum Gasteiger partial charge on any atom is 0.328 e. The molecule has 0 unspecified atom stereocenters. The molecule has 2 N–H and O–H groups in total. The molecule has 0 bridgehead atoms. The van der Waals surface area contributed by atoms with Gasteiger partial charge < -0.3 is 19.9 Å². The minimum Gasteiger partial charge on any atom is -0.465 e. The molecule has 1 aromatic carbocycles. The third-order valence-corrected chi connectivity index (χ3v) is 6.59. The summed E-state index contributed by atoms with van der Waals surface area (Å²) in [7, 11) is -3.51. The molecule has 1 aliphatic carbocycles. The highest BCUT2D eigenvalue weighted by Gasteiger charge is 2.74. The summed E-state index contributed by atoms with van der Waals surface area (Å²) in [4.78, 5) is 12.2. The topological polar surface area (TPSA) is 105 Å². The summed E-state index contributed by atoms with van der Waals surface area (Å²) < 4.78 is 40.3. The van der Waals surface area contributed by atoms with Crippen molar-refractivity contribution in [3.8, 4) is 11.5 Å². The molecule has 1 heterocycles. The molecule has 3 rings (SSSR count). The van der Waals surface area contributed by atoms with E-state index in [1.165, 1.54) is 6.92 Å². The van der Waals surface area contributed by atoms with Gasteiger partial charge in [0.2, 0.25) is 6.79 Å². The molecular weight excluding hydrogens is 322 g/mol. The number of carbonyl (C=O) groups excluding carboxylic acids is 1. The molecule has 0 spiro atoms. The average molecular weight is 341 g/mol. The minimum atomic E-state index is -3.51. The Labute approximate surface area is 134 Å². The van der Waals surface area contributed by atoms with E-state index in [4.69, 9.17) is 19.9 Å². The molecule has 1 aromatic rings. The van der Waals surface area contributed by atoms with Crippen LogP contribution < -0.4 is 15.2 Å². The molecule has 0 aromatic heterocycles. The smallest absolute Gasteiger partial charge is 0.328 e. The van der Waals surface area contributed by atoms with Gasteiger partial charge in [-0.25, -0.2) is 13.2 Å². The van der Waals surface area contributed by atoms with E-state index in [0.29, 0.717) is 17.1 Å². The van der Waals surface area contributed by atoms with Crippen LogP contribution >= 0.6 is 0 Å². The molecule has 2 aliphatic rings. The van der Waals surface area contributed by atoms with E-state index in [1.54, 1.807) is 25.1 Å². The molecule has 8 heteroatoms.